The summed E-state index contributed by atoms with van der Waals surface area (Å²) < 4.78 is 6.59. The Morgan fingerprint density at radius 3 is 2.95 bits per heavy atom. The normalized spacial score (nSPS) is 10.6. The Balaban J connectivity index is 1.83. The molecule has 22 heavy (non-hydrogen) atoms. The molecule has 7 heteroatoms. The maximum Gasteiger partial charge on any atom is 0.358 e. The number of esters is 1. The second kappa shape index (κ2) is 5.72. The van der Waals surface area contributed by atoms with E-state index in [9.17, 15) is 9.59 Å². The molecule has 0 N–H and O–H groups in total. The van der Waals surface area contributed by atoms with Crippen LogP contribution in [0.25, 0.3) is 5.65 Å². The second-order valence-electron chi connectivity index (χ2n) is 4.61. The molecule has 0 aromatic carbocycles. The van der Waals surface area contributed by atoms with Gasteiger partial charge in [0.2, 0.25) is 0 Å². The highest BCUT2D eigenvalue weighted by molar-refractivity contribution is 5.86. The number of carbonyl (C=O) groups excluding carboxylic acids is 1. The third-order valence-corrected chi connectivity index (χ3v) is 3.06. The van der Waals surface area contributed by atoms with Crippen LogP contribution in [0.4, 0.5) is 0 Å². The summed E-state index contributed by atoms with van der Waals surface area (Å²) in [7, 11) is 0. The van der Waals surface area contributed by atoms with Crippen molar-refractivity contribution in [3.63, 3.8) is 0 Å². The standard InChI is InChI=1S/C15H12N4O3/c1-10-3-2-4-13-18-11(7-14(20)19(10)13)9-22-15(21)12-8-16-5-6-17-12/h2-8H,9H2,1H3. The van der Waals surface area contributed by atoms with E-state index in [1.54, 1.807) is 6.07 Å². The first-order valence-corrected chi connectivity index (χ1v) is 6.56. The van der Waals surface area contributed by atoms with Crippen molar-refractivity contribution in [2.75, 3.05) is 0 Å². The van der Waals surface area contributed by atoms with Crippen LogP contribution in [0.2, 0.25) is 0 Å². The highest BCUT2D eigenvalue weighted by atomic mass is 16.5. The van der Waals surface area contributed by atoms with E-state index in [4.69, 9.17) is 4.74 Å². The van der Waals surface area contributed by atoms with Crippen molar-refractivity contribution in [1.29, 1.82) is 0 Å². The quantitative estimate of drug-likeness (QED) is 0.674. The average Bonchev–Trinajstić information content (AvgIpc) is 2.53. The second-order valence-corrected chi connectivity index (χ2v) is 4.61. The first-order valence-electron chi connectivity index (χ1n) is 6.56. The highest BCUT2D eigenvalue weighted by Crippen LogP contribution is 2.05. The molecular weight excluding hydrogens is 284 g/mol. The molecule has 0 atom stereocenters. The topological polar surface area (TPSA) is 86.4 Å². The molecule has 3 heterocycles. The minimum atomic E-state index is -0.612. The SMILES string of the molecule is Cc1cccc2nc(COC(=O)c3cnccn3)cc(=O)n12. The monoisotopic (exact) mass is 296 g/mol. The summed E-state index contributed by atoms with van der Waals surface area (Å²) in [5, 5.41) is 0. The van der Waals surface area contributed by atoms with Crippen molar-refractivity contribution < 1.29 is 9.53 Å². The van der Waals surface area contributed by atoms with Gasteiger partial charge in [0.05, 0.1) is 11.9 Å². The Morgan fingerprint density at radius 2 is 2.18 bits per heavy atom. The van der Waals surface area contributed by atoms with Crippen LogP contribution in [0.3, 0.4) is 0 Å². The molecule has 0 unspecified atom stereocenters. The Bertz CT molecular complexity index is 890. The van der Waals surface area contributed by atoms with Gasteiger partial charge in [0.25, 0.3) is 5.56 Å². The minimum absolute atomic E-state index is 0.102. The van der Waals surface area contributed by atoms with Crippen LogP contribution in [0.15, 0.2) is 47.7 Å². The van der Waals surface area contributed by atoms with E-state index in [2.05, 4.69) is 15.0 Å². The number of rotatable bonds is 3. The lowest BCUT2D eigenvalue weighted by Gasteiger charge is -2.07. The van der Waals surface area contributed by atoms with Crippen LogP contribution in [0.5, 0.6) is 0 Å². The molecule has 7 nitrogen and oxygen atoms in total. The van der Waals surface area contributed by atoms with E-state index in [-0.39, 0.29) is 17.9 Å². The van der Waals surface area contributed by atoms with E-state index in [0.29, 0.717) is 11.3 Å². The zero-order chi connectivity index (χ0) is 15.5. The fourth-order valence-electron chi connectivity index (χ4n) is 2.06. The van der Waals surface area contributed by atoms with Gasteiger partial charge >= 0.3 is 5.97 Å². The summed E-state index contributed by atoms with van der Waals surface area (Å²) in [5.41, 5.74) is 1.58. The molecule has 0 bridgehead atoms. The van der Waals surface area contributed by atoms with Crippen molar-refractivity contribution in [2.45, 2.75) is 13.5 Å². The number of aromatic nitrogens is 4. The molecule has 3 aromatic heterocycles. The largest absolute Gasteiger partial charge is 0.454 e. The van der Waals surface area contributed by atoms with Crippen LogP contribution in [-0.4, -0.2) is 25.3 Å². The van der Waals surface area contributed by atoms with Gasteiger partial charge in [0.1, 0.15) is 12.3 Å². The van der Waals surface area contributed by atoms with Crippen molar-refractivity contribution in [2.24, 2.45) is 0 Å². The van der Waals surface area contributed by atoms with Crippen molar-refractivity contribution in [3.05, 3.63) is 70.3 Å². The number of carbonyl (C=O) groups is 1. The molecule has 0 aliphatic carbocycles. The number of ether oxygens (including phenoxy) is 1. The third-order valence-electron chi connectivity index (χ3n) is 3.06. The van der Waals surface area contributed by atoms with Gasteiger partial charge in [-0.25, -0.2) is 14.8 Å². The van der Waals surface area contributed by atoms with Crippen molar-refractivity contribution in [3.8, 4) is 0 Å². The first kappa shape index (κ1) is 13.9. The highest BCUT2D eigenvalue weighted by Gasteiger charge is 2.10. The maximum atomic E-state index is 12.1. The molecule has 0 aliphatic heterocycles. The molecule has 0 fully saturated rings. The van der Waals surface area contributed by atoms with Crippen LogP contribution < -0.4 is 5.56 Å². The summed E-state index contributed by atoms with van der Waals surface area (Å²) in [5.74, 6) is -0.612. The van der Waals surface area contributed by atoms with Gasteiger partial charge in [-0.3, -0.25) is 14.2 Å². The predicted octanol–water partition coefficient (Wildman–Crippen LogP) is 1.15. The molecule has 0 amide bonds. The van der Waals surface area contributed by atoms with Crippen LogP contribution in [0.1, 0.15) is 21.9 Å². The minimum Gasteiger partial charge on any atom is -0.454 e. The Labute approximate surface area is 125 Å². The molecule has 110 valence electrons. The van der Waals surface area contributed by atoms with Gasteiger partial charge in [-0.2, -0.15) is 0 Å². The molecule has 3 aromatic rings. The maximum absolute atomic E-state index is 12.1. The lowest BCUT2D eigenvalue weighted by atomic mass is 10.3. The molecule has 0 radical (unpaired) electrons. The summed E-state index contributed by atoms with van der Waals surface area (Å²) in [4.78, 5) is 35.8. The zero-order valence-corrected chi connectivity index (χ0v) is 11.8. The van der Waals surface area contributed by atoms with Gasteiger partial charge in [-0.15, -0.1) is 0 Å². The van der Waals surface area contributed by atoms with E-state index >= 15 is 0 Å². The Morgan fingerprint density at radius 1 is 1.32 bits per heavy atom. The van der Waals surface area contributed by atoms with E-state index in [1.807, 2.05) is 19.1 Å². The smallest absolute Gasteiger partial charge is 0.358 e. The third kappa shape index (κ3) is 2.69. The van der Waals surface area contributed by atoms with Crippen LogP contribution in [0, 0.1) is 6.92 Å². The molecule has 3 rings (SSSR count). The molecule has 0 aliphatic rings. The van der Waals surface area contributed by atoms with Gasteiger partial charge in [-0.1, -0.05) is 6.07 Å². The summed E-state index contributed by atoms with van der Waals surface area (Å²) in [6.07, 6.45) is 4.18. The molecule has 0 saturated heterocycles. The number of hydrogen-bond donors (Lipinski definition) is 0. The van der Waals surface area contributed by atoms with Crippen LogP contribution in [-0.2, 0) is 11.3 Å². The van der Waals surface area contributed by atoms with Crippen molar-refractivity contribution >= 4 is 11.6 Å². The van der Waals surface area contributed by atoms with Gasteiger partial charge in [-0.05, 0) is 19.1 Å². The predicted molar refractivity (Wildman–Crippen MR) is 77.4 cm³/mol. The number of aryl methyl sites for hydroxylation is 1. The summed E-state index contributed by atoms with van der Waals surface area (Å²) in [6.45, 7) is 1.72. The van der Waals surface area contributed by atoms with Gasteiger partial charge in [0, 0.05) is 24.2 Å². The van der Waals surface area contributed by atoms with Crippen molar-refractivity contribution in [1.82, 2.24) is 19.4 Å². The molecule has 0 spiro atoms. The first-order chi connectivity index (χ1) is 10.6. The lowest BCUT2D eigenvalue weighted by molar-refractivity contribution is 0.0460. The fourth-order valence-corrected chi connectivity index (χ4v) is 2.06. The number of nitrogens with zero attached hydrogens (tertiary/aromatic N) is 4. The van der Waals surface area contributed by atoms with E-state index in [1.165, 1.54) is 29.1 Å². The van der Waals surface area contributed by atoms with E-state index in [0.717, 1.165) is 5.69 Å². The molecular formula is C15H12N4O3. The summed E-state index contributed by atoms with van der Waals surface area (Å²) in [6, 6.07) is 6.71. The van der Waals surface area contributed by atoms with Gasteiger partial charge < -0.3 is 4.74 Å². The number of hydrogen-bond acceptors (Lipinski definition) is 6. The fraction of sp³-hybridized carbons (Fsp3) is 0.133. The van der Waals surface area contributed by atoms with E-state index < -0.39 is 5.97 Å². The molecule has 0 saturated carbocycles. The number of fused-ring (bicyclic) bond motifs is 1. The Kier molecular flexibility index (Phi) is 3.61. The van der Waals surface area contributed by atoms with Gasteiger partial charge in [0.15, 0.2) is 5.69 Å². The number of pyridine rings is 1. The summed E-state index contributed by atoms with van der Waals surface area (Å²) >= 11 is 0. The lowest BCUT2D eigenvalue weighted by Crippen LogP contribution is -2.18. The Hall–Kier alpha value is -3.09. The van der Waals surface area contributed by atoms with Crippen LogP contribution >= 0.6 is 0 Å². The zero-order valence-electron chi connectivity index (χ0n) is 11.8. The average molecular weight is 296 g/mol.